The molecule has 0 aliphatic carbocycles. The van der Waals surface area contributed by atoms with Crippen molar-refractivity contribution in [3.05, 3.63) is 71.0 Å². The third kappa shape index (κ3) is 6.47. The van der Waals surface area contributed by atoms with E-state index in [1.165, 1.54) is 17.3 Å². The Kier molecular flexibility index (Phi) is 8.50. The number of amides is 2. The van der Waals surface area contributed by atoms with Gasteiger partial charge in [-0.2, -0.15) is 0 Å². The summed E-state index contributed by atoms with van der Waals surface area (Å²) in [5.74, 6) is 1.15. The second kappa shape index (κ2) is 11.3. The number of hydrogen-bond donors (Lipinski definition) is 2. The van der Waals surface area contributed by atoms with Crippen molar-refractivity contribution in [2.75, 3.05) is 11.1 Å². The highest BCUT2D eigenvalue weighted by Crippen LogP contribution is 2.25. The van der Waals surface area contributed by atoms with Gasteiger partial charge in [0.15, 0.2) is 11.0 Å². The molecule has 1 heterocycles. The number of nitrogens with zero attached hydrogens (tertiary/aromatic N) is 3. The molecule has 7 nitrogen and oxygen atoms in total. The Morgan fingerprint density at radius 3 is 2.21 bits per heavy atom. The van der Waals surface area contributed by atoms with Gasteiger partial charge in [-0.25, -0.2) is 0 Å². The Morgan fingerprint density at radius 2 is 1.62 bits per heavy atom. The molecular weight excluding hydrogens is 446 g/mol. The number of aryl methyl sites for hydroxylation is 1. The van der Waals surface area contributed by atoms with Gasteiger partial charge in [-0.15, -0.1) is 10.2 Å². The minimum absolute atomic E-state index is 0.104. The zero-order valence-electron chi connectivity index (χ0n) is 20.6. The van der Waals surface area contributed by atoms with Crippen LogP contribution >= 0.6 is 11.8 Å². The number of carbonyl (C=O) groups excluding carboxylic acids is 2. The van der Waals surface area contributed by atoms with Crippen molar-refractivity contribution in [2.24, 2.45) is 13.0 Å². The summed E-state index contributed by atoms with van der Waals surface area (Å²) in [6.07, 6.45) is 0. The van der Waals surface area contributed by atoms with Crippen molar-refractivity contribution in [2.45, 2.75) is 51.7 Å². The topological polar surface area (TPSA) is 88.9 Å². The molecular formula is C26H33N5O2S. The average Bonchev–Trinajstić information content (AvgIpc) is 3.16. The van der Waals surface area contributed by atoms with Gasteiger partial charge in [0.1, 0.15) is 0 Å². The fourth-order valence-corrected chi connectivity index (χ4v) is 4.18. The highest BCUT2D eigenvalue weighted by molar-refractivity contribution is 7.99. The SMILES string of the molecule is Cc1ccc(C(=O)N[C@H](c2nnc(SCC(=O)Nc3ccc(C(C)C)cc3)n2C)C(C)C)cc1. The molecule has 2 amide bonds. The van der Waals surface area contributed by atoms with Crippen LogP contribution in [-0.2, 0) is 11.8 Å². The normalized spacial score (nSPS) is 12.1. The molecule has 0 saturated carbocycles. The van der Waals surface area contributed by atoms with Gasteiger partial charge in [0.2, 0.25) is 5.91 Å². The molecule has 2 aromatic carbocycles. The smallest absolute Gasteiger partial charge is 0.251 e. The van der Waals surface area contributed by atoms with Crippen LogP contribution in [0.4, 0.5) is 5.69 Å². The molecule has 8 heteroatoms. The number of hydrogen-bond acceptors (Lipinski definition) is 5. The van der Waals surface area contributed by atoms with Crippen LogP contribution in [0.2, 0.25) is 0 Å². The zero-order chi connectivity index (χ0) is 24.8. The van der Waals surface area contributed by atoms with Gasteiger partial charge in [-0.1, -0.05) is 69.3 Å². The van der Waals surface area contributed by atoms with E-state index in [0.29, 0.717) is 22.5 Å². The summed E-state index contributed by atoms with van der Waals surface area (Å²) in [7, 11) is 1.85. The molecule has 3 aromatic rings. The lowest BCUT2D eigenvalue weighted by Crippen LogP contribution is -2.33. The van der Waals surface area contributed by atoms with Gasteiger partial charge in [0, 0.05) is 18.3 Å². The maximum atomic E-state index is 12.8. The lowest BCUT2D eigenvalue weighted by Gasteiger charge is -2.21. The molecule has 1 atom stereocenters. The molecule has 0 saturated heterocycles. The number of thioether (sulfide) groups is 1. The van der Waals surface area contributed by atoms with Crippen molar-refractivity contribution in [1.29, 1.82) is 0 Å². The number of rotatable bonds is 9. The molecule has 0 radical (unpaired) electrons. The summed E-state index contributed by atoms with van der Waals surface area (Å²) in [4.78, 5) is 25.2. The number of aromatic nitrogens is 3. The molecule has 0 aliphatic rings. The Hall–Kier alpha value is -3.13. The molecule has 0 bridgehead atoms. The van der Waals surface area contributed by atoms with Crippen LogP contribution in [0.1, 0.15) is 67.0 Å². The first kappa shape index (κ1) is 25.5. The summed E-state index contributed by atoms with van der Waals surface area (Å²) in [6.45, 7) is 10.3. The van der Waals surface area contributed by atoms with E-state index in [1.54, 1.807) is 0 Å². The van der Waals surface area contributed by atoms with E-state index < -0.39 is 0 Å². The van der Waals surface area contributed by atoms with Crippen molar-refractivity contribution in [3.63, 3.8) is 0 Å². The molecule has 180 valence electrons. The molecule has 0 spiro atoms. The molecule has 1 aromatic heterocycles. The third-order valence-electron chi connectivity index (χ3n) is 5.61. The quantitative estimate of drug-likeness (QED) is 0.417. The predicted molar refractivity (Wildman–Crippen MR) is 137 cm³/mol. The van der Waals surface area contributed by atoms with Crippen LogP contribution in [-0.4, -0.2) is 32.3 Å². The largest absolute Gasteiger partial charge is 0.342 e. The first-order valence-electron chi connectivity index (χ1n) is 11.4. The van der Waals surface area contributed by atoms with Gasteiger partial charge >= 0.3 is 0 Å². The van der Waals surface area contributed by atoms with E-state index in [-0.39, 0.29) is 29.5 Å². The summed E-state index contributed by atoms with van der Waals surface area (Å²) in [5, 5.41) is 15.2. The highest BCUT2D eigenvalue weighted by atomic mass is 32.2. The van der Waals surface area contributed by atoms with Crippen LogP contribution in [0.3, 0.4) is 0 Å². The van der Waals surface area contributed by atoms with E-state index in [0.717, 1.165) is 11.3 Å². The van der Waals surface area contributed by atoms with Crippen LogP contribution in [0.25, 0.3) is 0 Å². The molecule has 0 aliphatic heterocycles. The van der Waals surface area contributed by atoms with Crippen molar-refractivity contribution < 1.29 is 9.59 Å². The molecule has 0 unspecified atom stereocenters. The first-order valence-corrected chi connectivity index (χ1v) is 12.4. The molecule has 2 N–H and O–H groups in total. The van der Waals surface area contributed by atoms with E-state index >= 15 is 0 Å². The first-order chi connectivity index (χ1) is 16.2. The summed E-state index contributed by atoms with van der Waals surface area (Å²) in [5.41, 5.74) is 3.70. The summed E-state index contributed by atoms with van der Waals surface area (Å²) < 4.78 is 1.84. The maximum absolute atomic E-state index is 12.8. The minimum Gasteiger partial charge on any atom is -0.342 e. The van der Waals surface area contributed by atoms with Crippen molar-refractivity contribution >= 4 is 29.3 Å². The molecule has 3 rings (SSSR count). The third-order valence-corrected chi connectivity index (χ3v) is 6.63. The Bertz CT molecular complexity index is 1120. The van der Waals surface area contributed by atoms with Gasteiger partial charge in [0.25, 0.3) is 5.91 Å². The lowest BCUT2D eigenvalue weighted by atomic mass is 10.0. The second-order valence-electron chi connectivity index (χ2n) is 9.07. The number of benzene rings is 2. The summed E-state index contributed by atoms with van der Waals surface area (Å²) in [6, 6.07) is 15.0. The van der Waals surface area contributed by atoms with Gasteiger partial charge in [0.05, 0.1) is 11.8 Å². The van der Waals surface area contributed by atoms with E-state index in [1.807, 2.05) is 80.9 Å². The Morgan fingerprint density at radius 1 is 0.971 bits per heavy atom. The van der Waals surface area contributed by atoms with Crippen LogP contribution in [0.15, 0.2) is 53.7 Å². The van der Waals surface area contributed by atoms with Crippen molar-refractivity contribution in [1.82, 2.24) is 20.1 Å². The number of nitrogens with one attached hydrogen (secondary N) is 2. The van der Waals surface area contributed by atoms with Crippen LogP contribution in [0.5, 0.6) is 0 Å². The average molecular weight is 480 g/mol. The van der Waals surface area contributed by atoms with Gasteiger partial charge in [-0.3, -0.25) is 9.59 Å². The molecule has 0 fully saturated rings. The zero-order valence-corrected chi connectivity index (χ0v) is 21.4. The fraction of sp³-hybridized carbons (Fsp3) is 0.385. The molecule has 34 heavy (non-hydrogen) atoms. The minimum atomic E-state index is -0.311. The Labute approximate surface area is 205 Å². The lowest BCUT2D eigenvalue weighted by molar-refractivity contribution is -0.113. The maximum Gasteiger partial charge on any atom is 0.251 e. The Balaban J connectivity index is 1.63. The van der Waals surface area contributed by atoms with E-state index in [9.17, 15) is 9.59 Å². The second-order valence-corrected chi connectivity index (χ2v) is 10.0. The number of carbonyl (C=O) groups is 2. The highest BCUT2D eigenvalue weighted by Gasteiger charge is 2.25. The summed E-state index contributed by atoms with van der Waals surface area (Å²) >= 11 is 1.31. The van der Waals surface area contributed by atoms with Gasteiger partial charge < -0.3 is 15.2 Å². The van der Waals surface area contributed by atoms with E-state index in [4.69, 9.17) is 0 Å². The van der Waals surface area contributed by atoms with Crippen LogP contribution < -0.4 is 10.6 Å². The standard InChI is InChI=1S/C26H33N5O2S/c1-16(2)19-11-13-21(14-12-19)27-22(32)15-34-26-30-29-24(31(26)6)23(17(3)4)28-25(33)20-9-7-18(5)8-10-20/h7-14,16-17,23H,15H2,1-6H3,(H,27,32)(H,28,33)/t23-/m0/s1. The monoisotopic (exact) mass is 479 g/mol. The van der Waals surface area contributed by atoms with Gasteiger partial charge in [-0.05, 0) is 48.6 Å². The van der Waals surface area contributed by atoms with Crippen molar-refractivity contribution in [3.8, 4) is 0 Å². The fourth-order valence-electron chi connectivity index (χ4n) is 3.46. The predicted octanol–water partition coefficient (Wildman–Crippen LogP) is 5.10. The van der Waals surface area contributed by atoms with E-state index in [2.05, 4.69) is 34.7 Å². The van der Waals surface area contributed by atoms with Crippen LogP contribution in [0, 0.1) is 12.8 Å². The number of anilines is 1.